The molecule has 0 spiro atoms. The Labute approximate surface area is 156 Å². The number of nitrogens with zero attached hydrogens (tertiary/aromatic N) is 4. The van der Waals surface area contributed by atoms with Crippen LogP contribution in [0.2, 0.25) is 5.02 Å². The summed E-state index contributed by atoms with van der Waals surface area (Å²) in [4.78, 5) is 20.4. The molecular formula is C18H19ClN6O. The zero-order valence-electron chi connectivity index (χ0n) is 14.3. The van der Waals surface area contributed by atoms with Gasteiger partial charge in [0.15, 0.2) is 5.82 Å². The van der Waals surface area contributed by atoms with Gasteiger partial charge in [0, 0.05) is 30.4 Å². The minimum absolute atomic E-state index is 0.0738. The number of hydrogen-bond acceptors (Lipinski definition) is 5. The van der Waals surface area contributed by atoms with E-state index >= 15 is 0 Å². The minimum atomic E-state index is -0.0738. The number of amides is 1. The van der Waals surface area contributed by atoms with Gasteiger partial charge in [0.2, 0.25) is 5.91 Å². The van der Waals surface area contributed by atoms with Crippen molar-refractivity contribution in [2.24, 2.45) is 0 Å². The molecule has 0 aliphatic rings. The molecule has 1 amide bonds. The van der Waals surface area contributed by atoms with Crippen molar-refractivity contribution in [1.29, 1.82) is 0 Å². The fourth-order valence-corrected chi connectivity index (χ4v) is 2.58. The Morgan fingerprint density at radius 1 is 1.19 bits per heavy atom. The summed E-state index contributed by atoms with van der Waals surface area (Å²) in [5, 5.41) is 10.9. The van der Waals surface area contributed by atoms with Crippen LogP contribution in [0.4, 0.5) is 5.82 Å². The molecule has 0 radical (unpaired) electrons. The quantitative estimate of drug-likeness (QED) is 0.624. The van der Waals surface area contributed by atoms with Gasteiger partial charge in [-0.3, -0.25) is 4.79 Å². The third-order valence-electron chi connectivity index (χ3n) is 3.67. The number of carbonyl (C=O) groups is 1. The molecule has 2 N–H and O–H groups in total. The van der Waals surface area contributed by atoms with E-state index in [1.165, 1.54) is 6.33 Å². The monoisotopic (exact) mass is 370 g/mol. The smallest absolute Gasteiger partial charge is 0.224 e. The highest BCUT2D eigenvalue weighted by molar-refractivity contribution is 6.31. The van der Waals surface area contributed by atoms with Crippen LogP contribution in [-0.2, 0) is 11.2 Å². The van der Waals surface area contributed by atoms with Crippen molar-refractivity contribution in [2.75, 3.05) is 18.4 Å². The van der Waals surface area contributed by atoms with Gasteiger partial charge in [-0.25, -0.2) is 14.6 Å². The fraction of sp³-hybridized carbons (Fsp3) is 0.222. The molecule has 3 rings (SSSR count). The van der Waals surface area contributed by atoms with Crippen LogP contribution in [0.5, 0.6) is 0 Å². The minimum Gasteiger partial charge on any atom is -0.368 e. The number of benzene rings is 1. The van der Waals surface area contributed by atoms with Gasteiger partial charge in [0.1, 0.15) is 12.1 Å². The number of anilines is 1. The summed E-state index contributed by atoms with van der Waals surface area (Å²) in [7, 11) is 0. The summed E-state index contributed by atoms with van der Waals surface area (Å²) in [6.45, 7) is 2.94. The van der Waals surface area contributed by atoms with Gasteiger partial charge in [-0.2, -0.15) is 5.10 Å². The second kappa shape index (κ2) is 8.44. The second-order valence-electron chi connectivity index (χ2n) is 5.71. The Kier molecular flexibility index (Phi) is 5.80. The molecule has 26 heavy (non-hydrogen) atoms. The molecule has 0 bridgehead atoms. The Morgan fingerprint density at radius 2 is 2.04 bits per heavy atom. The lowest BCUT2D eigenvalue weighted by Gasteiger charge is -2.09. The zero-order valence-corrected chi connectivity index (χ0v) is 15.1. The van der Waals surface area contributed by atoms with E-state index < -0.39 is 0 Å². The molecule has 7 nitrogen and oxygen atoms in total. The van der Waals surface area contributed by atoms with Crippen LogP contribution in [0.15, 0.2) is 48.9 Å². The lowest BCUT2D eigenvalue weighted by atomic mass is 10.1. The van der Waals surface area contributed by atoms with Crippen molar-refractivity contribution in [1.82, 2.24) is 25.1 Å². The van der Waals surface area contributed by atoms with Gasteiger partial charge in [0.05, 0.1) is 12.1 Å². The second-order valence-corrected chi connectivity index (χ2v) is 6.12. The molecule has 0 saturated carbocycles. The van der Waals surface area contributed by atoms with Crippen molar-refractivity contribution in [2.45, 2.75) is 13.3 Å². The number of hydrogen-bond donors (Lipinski definition) is 2. The molecule has 0 unspecified atom stereocenters. The Bertz CT molecular complexity index is 895. The van der Waals surface area contributed by atoms with E-state index in [0.29, 0.717) is 29.7 Å². The highest BCUT2D eigenvalue weighted by Gasteiger charge is 2.06. The van der Waals surface area contributed by atoms with E-state index in [9.17, 15) is 4.79 Å². The molecule has 0 aliphatic carbocycles. The van der Waals surface area contributed by atoms with Gasteiger partial charge in [0.25, 0.3) is 0 Å². The third-order valence-corrected chi connectivity index (χ3v) is 4.04. The molecule has 0 fully saturated rings. The van der Waals surface area contributed by atoms with Crippen molar-refractivity contribution in [3.8, 4) is 5.82 Å². The summed E-state index contributed by atoms with van der Waals surface area (Å²) in [5.74, 6) is 1.28. The normalized spacial score (nSPS) is 10.5. The number of aryl methyl sites for hydroxylation is 1. The van der Waals surface area contributed by atoms with Crippen LogP contribution in [-0.4, -0.2) is 38.7 Å². The molecule has 2 aromatic heterocycles. The highest BCUT2D eigenvalue weighted by atomic mass is 35.5. The topological polar surface area (TPSA) is 84.7 Å². The van der Waals surface area contributed by atoms with E-state index in [0.717, 1.165) is 11.3 Å². The van der Waals surface area contributed by atoms with Crippen molar-refractivity contribution in [3.63, 3.8) is 0 Å². The molecule has 0 aliphatic heterocycles. The Hall–Kier alpha value is -2.93. The lowest BCUT2D eigenvalue weighted by Crippen LogP contribution is -2.30. The predicted octanol–water partition coefficient (Wildman–Crippen LogP) is 2.39. The van der Waals surface area contributed by atoms with Crippen LogP contribution < -0.4 is 10.6 Å². The number of nitrogens with one attached hydrogen (secondary N) is 2. The molecule has 134 valence electrons. The first-order valence-electron chi connectivity index (χ1n) is 8.20. The predicted molar refractivity (Wildman–Crippen MR) is 101 cm³/mol. The maximum absolute atomic E-state index is 12.0. The average molecular weight is 371 g/mol. The first-order chi connectivity index (χ1) is 12.6. The van der Waals surface area contributed by atoms with Crippen LogP contribution >= 0.6 is 11.6 Å². The summed E-state index contributed by atoms with van der Waals surface area (Å²) in [5.41, 5.74) is 1.73. The number of aromatic nitrogens is 4. The molecule has 0 atom stereocenters. The number of carbonyl (C=O) groups excluding carboxylic acids is 1. The highest BCUT2D eigenvalue weighted by Crippen LogP contribution is 2.15. The SMILES string of the molecule is Cc1ccn(-c2cc(NCCNC(=O)Cc3ccccc3Cl)ncn2)n1. The van der Waals surface area contributed by atoms with E-state index in [4.69, 9.17) is 11.6 Å². The largest absolute Gasteiger partial charge is 0.368 e. The fourth-order valence-electron chi connectivity index (χ4n) is 2.38. The van der Waals surface area contributed by atoms with E-state index in [1.807, 2.05) is 37.4 Å². The van der Waals surface area contributed by atoms with Crippen LogP contribution in [0.3, 0.4) is 0 Å². The Balaban J connectivity index is 1.46. The van der Waals surface area contributed by atoms with Crippen molar-refractivity contribution >= 4 is 23.3 Å². The first kappa shape index (κ1) is 17.9. The lowest BCUT2D eigenvalue weighted by molar-refractivity contribution is -0.120. The van der Waals surface area contributed by atoms with E-state index in [1.54, 1.807) is 16.8 Å². The van der Waals surface area contributed by atoms with Crippen molar-refractivity contribution < 1.29 is 4.79 Å². The molecule has 0 saturated heterocycles. The number of halogens is 1. The van der Waals surface area contributed by atoms with Gasteiger partial charge in [-0.15, -0.1) is 0 Å². The standard InChI is InChI=1S/C18H19ClN6O/c1-13-6-9-25(24-13)17-11-16(22-12-23-17)20-7-8-21-18(26)10-14-4-2-3-5-15(14)19/h2-6,9,11-12H,7-8,10H2,1H3,(H,21,26)(H,20,22,23). The van der Waals surface area contributed by atoms with Crippen LogP contribution in [0.25, 0.3) is 5.82 Å². The van der Waals surface area contributed by atoms with E-state index in [-0.39, 0.29) is 12.3 Å². The van der Waals surface area contributed by atoms with Gasteiger partial charge in [-0.05, 0) is 24.6 Å². The first-order valence-corrected chi connectivity index (χ1v) is 8.58. The van der Waals surface area contributed by atoms with Gasteiger partial charge in [-0.1, -0.05) is 29.8 Å². The summed E-state index contributed by atoms with van der Waals surface area (Å²) >= 11 is 6.06. The number of rotatable bonds is 7. The summed E-state index contributed by atoms with van der Waals surface area (Å²) in [6.07, 6.45) is 3.58. The molecule has 1 aromatic carbocycles. The van der Waals surface area contributed by atoms with Gasteiger partial charge >= 0.3 is 0 Å². The molecule has 2 heterocycles. The third kappa shape index (κ3) is 4.80. The Morgan fingerprint density at radius 3 is 2.81 bits per heavy atom. The molecule has 8 heteroatoms. The summed E-state index contributed by atoms with van der Waals surface area (Å²) in [6, 6.07) is 11.0. The maximum Gasteiger partial charge on any atom is 0.224 e. The zero-order chi connectivity index (χ0) is 18.4. The van der Waals surface area contributed by atoms with Crippen molar-refractivity contribution in [3.05, 3.63) is 65.2 Å². The average Bonchev–Trinajstić information content (AvgIpc) is 3.08. The molecular weight excluding hydrogens is 352 g/mol. The molecule has 3 aromatic rings. The van der Waals surface area contributed by atoms with Crippen LogP contribution in [0.1, 0.15) is 11.3 Å². The maximum atomic E-state index is 12.0. The summed E-state index contributed by atoms with van der Waals surface area (Å²) < 4.78 is 1.69. The van der Waals surface area contributed by atoms with E-state index in [2.05, 4.69) is 25.7 Å². The van der Waals surface area contributed by atoms with Crippen LogP contribution in [0, 0.1) is 6.92 Å². The van der Waals surface area contributed by atoms with Gasteiger partial charge < -0.3 is 10.6 Å².